The molecule has 2 saturated heterocycles. The highest BCUT2D eigenvalue weighted by Gasteiger charge is 2.31. The number of pyridine rings is 1. The minimum atomic E-state index is -0.00522. The summed E-state index contributed by atoms with van der Waals surface area (Å²) in [6.45, 7) is 6.60. The number of likely N-dealkylation sites (N-methyl/N-ethyl adjacent to an activating group) is 1. The van der Waals surface area contributed by atoms with Gasteiger partial charge in [-0.25, -0.2) is 4.98 Å². The van der Waals surface area contributed by atoms with Crippen LogP contribution in [0.3, 0.4) is 0 Å². The van der Waals surface area contributed by atoms with Gasteiger partial charge < -0.3 is 4.90 Å². The van der Waals surface area contributed by atoms with Crippen LogP contribution in [0.2, 0.25) is 0 Å². The lowest BCUT2D eigenvalue weighted by Gasteiger charge is -2.34. The van der Waals surface area contributed by atoms with E-state index in [0.717, 1.165) is 54.6 Å². The number of amides is 1. The molecule has 2 aliphatic rings. The van der Waals surface area contributed by atoms with Crippen molar-refractivity contribution in [2.45, 2.75) is 33.1 Å². The van der Waals surface area contributed by atoms with Crippen molar-refractivity contribution in [2.24, 2.45) is 5.92 Å². The Bertz CT molecular complexity index is 1260. The summed E-state index contributed by atoms with van der Waals surface area (Å²) in [6.07, 6.45) is 5.40. The molecule has 3 aromatic rings. The second-order valence-corrected chi connectivity index (χ2v) is 10.8. The second kappa shape index (κ2) is 9.88. The number of nitrogens with zero attached hydrogens (tertiary/aromatic N) is 3. The Kier molecular flexibility index (Phi) is 6.70. The van der Waals surface area contributed by atoms with Gasteiger partial charge in [-0.1, -0.05) is 72.5 Å². The Hall–Kier alpha value is -2.70. The molecule has 3 heterocycles. The van der Waals surface area contributed by atoms with Crippen molar-refractivity contribution in [3.05, 3.63) is 76.2 Å². The minimum Gasteiger partial charge on any atom is -0.356 e. The Labute approximate surface area is 211 Å². The van der Waals surface area contributed by atoms with Crippen molar-refractivity contribution in [3.63, 3.8) is 0 Å². The van der Waals surface area contributed by atoms with Gasteiger partial charge in [0.1, 0.15) is 10.1 Å². The summed E-state index contributed by atoms with van der Waals surface area (Å²) in [5.41, 5.74) is 4.61. The molecule has 5 rings (SSSR count). The lowest BCUT2D eigenvalue weighted by Crippen LogP contribution is -2.35. The number of carbonyl (C=O) groups excluding carboxylic acids is 1. The molecule has 174 valence electrons. The zero-order valence-corrected chi connectivity index (χ0v) is 21.3. The third-order valence-corrected chi connectivity index (χ3v) is 8.19. The van der Waals surface area contributed by atoms with Crippen LogP contribution in [0.1, 0.15) is 36.5 Å². The maximum atomic E-state index is 12.9. The number of para-hydroxylation sites is 1. The molecule has 1 aromatic heterocycles. The lowest BCUT2D eigenvalue weighted by atomic mass is 9.90. The SMILES string of the molecule is CCN1C(=O)/C(=C/c2cc3cccc(C)c3nc2N2CCC(Cc3ccccc3)CC2)SC1=S. The van der Waals surface area contributed by atoms with Crippen LogP contribution >= 0.6 is 24.0 Å². The van der Waals surface area contributed by atoms with E-state index in [0.29, 0.717) is 21.7 Å². The second-order valence-electron chi connectivity index (χ2n) is 9.09. The molecule has 0 spiro atoms. The Morgan fingerprint density at radius 2 is 1.88 bits per heavy atom. The van der Waals surface area contributed by atoms with E-state index in [2.05, 4.69) is 66.4 Å². The number of benzene rings is 2. The highest BCUT2D eigenvalue weighted by Crippen LogP contribution is 2.36. The number of rotatable bonds is 5. The first-order valence-corrected chi connectivity index (χ1v) is 13.2. The number of piperidine rings is 1. The molecule has 0 saturated carbocycles. The van der Waals surface area contributed by atoms with Gasteiger partial charge in [-0.15, -0.1) is 0 Å². The number of hydrogen-bond donors (Lipinski definition) is 0. The Morgan fingerprint density at radius 1 is 1.12 bits per heavy atom. The summed E-state index contributed by atoms with van der Waals surface area (Å²) in [6, 6.07) is 19.2. The van der Waals surface area contributed by atoms with E-state index in [-0.39, 0.29) is 5.91 Å². The molecule has 2 aliphatic heterocycles. The predicted molar refractivity (Wildman–Crippen MR) is 147 cm³/mol. The molecule has 2 aromatic carbocycles. The van der Waals surface area contributed by atoms with Crippen molar-refractivity contribution < 1.29 is 4.79 Å². The molecule has 0 bridgehead atoms. The van der Waals surface area contributed by atoms with Gasteiger partial charge in [0.05, 0.1) is 10.4 Å². The van der Waals surface area contributed by atoms with Crippen LogP contribution in [-0.2, 0) is 11.2 Å². The molecule has 4 nitrogen and oxygen atoms in total. The van der Waals surface area contributed by atoms with Crippen LogP contribution in [-0.4, -0.2) is 39.7 Å². The average molecular weight is 488 g/mol. The first kappa shape index (κ1) is 23.1. The summed E-state index contributed by atoms with van der Waals surface area (Å²) in [7, 11) is 0. The Balaban J connectivity index is 1.45. The summed E-state index contributed by atoms with van der Waals surface area (Å²) < 4.78 is 0.631. The maximum Gasteiger partial charge on any atom is 0.266 e. The number of fused-ring (bicyclic) bond motifs is 1. The van der Waals surface area contributed by atoms with Gasteiger partial charge >= 0.3 is 0 Å². The van der Waals surface area contributed by atoms with Crippen LogP contribution < -0.4 is 4.90 Å². The average Bonchev–Trinajstić information content (AvgIpc) is 3.12. The molecule has 0 radical (unpaired) electrons. The normalized spacial score (nSPS) is 18.5. The highest BCUT2D eigenvalue weighted by atomic mass is 32.2. The molecule has 0 aliphatic carbocycles. The zero-order valence-electron chi connectivity index (χ0n) is 19.7. The van der Waals surface area contributed by atoms with Gasteiger partial charge in [-0.05, 0) is 62.3 Å². The molecular weight excluding hydrogens is 458 g/mol. The van der Waals surface area contributed by atoms with Gasteiger partial charge in [-0.3, -0.25) is 9.69 Å². The van der Waals surface area contributed by atoms with Crippen molar-refractivity contribution in [1.29, 1.82) is 0 Å². The van der Waals surface area contributed by atoms with E-state index in [1.54, 1.807) is 4.90 Å². The van der Waals surface area contributed by atoms with Gasteiger partial charge in [0.25, 0.3) is 5.91 Å². The smallest absolute Gasteiger partial charge is 0.266 e. The lowest BCUT2D eigenvalue weighted by molar-refractivity contribution is -0.121. The number of anilines is 1. The van der Waals surface area contributed by atoms with Crippen molar-refractivity contribution in [1.82, 2.24) is 9.88 Å². The van der Waals surface area contributed by atoms with Gasteiger partial charge in [-0.2, -0.15) is 0 Å². The number of carbonyl (C=O) groups is 1. The summed E-state index contributed by atoms with van der Waals surface area (Å²) >= 11 is 6.82. The van der Waals surface area contributed by atoms with Crippen LogP contribution in [0.4, 0.5) is 5.82 Å². The number of aryl methyl sites for hydroxylation is 1. The van der Waals surface area contributed by atoms with Crippen LogP contribution in [0.15, 0.2) is 59.5 Å². The molecule has 0 N–H and O–H groups in total. The molecular formula is C28H29N3OS2. The number of thiocarbonyl (C=S) groups is 1. The van der Waals surface area contributed by atoms with Crippen molar-refractivity contribution >= 4 is 57.0 Å². The fourth-order valence-electron chi connectivity index (χ4n) is 4.92. The van der Waals surface area contributed by atoms with E-state index in [1.807, 2.05) is 13.0 Å². The summed E-state index contributed by atoms with van der Waals surface area (Å²) in [5, 5.41) is 1.10. The molecule has 0 unspecified atom stereocenters. The molecule has 0 atom stereocenters. The first-order chi connectivity index (χ1) is 16.5. The quantitative estimate of drug-likeness (QED) is 0.315. The maximum absolute atomic E-state index is 12.9. The van der Waals surface area contributed by atoms with Crippen LogP contribution in [0, 0.1) is 12.8 Å². The summed E-state index contributed by atoms with van der Waals surface area (Å²) in [5.74, 6) is 1.65. The fourth-order valence-corrected chi connectivity index (χ4v) is 6.30. The molecule has 1 amide bonds. The van der Waals surface area contributed by atoms with Gasteiger partial charge in [0.15, 0.2) is 0 Å². The van der Waals surface area contributed by atoms with Gasteiger partial charge in [0, 0.05) is 30.6 Å². The minimum absolute atomic E-state index is 0.00522. The molecule has 34 heavy (non-hydrogen) atoms. The van der Waals surface area contributed by atoms with E-state index >= 15 is 0 Å². The number of thioether (sulfide) groups is 1. The van der Waals surface area contributed by atoms with E-state index < -0.39 is 0 Å². The number of aromatic nitrogens is 1. The van der Waals surface area contributed by atoms with Crippen molar-refractivity contribution in [2.75, 3.05) is 24.5 Å². The zero-order chi connectivity index (χ0) is 23.7. The first-order valence-electron chi connectivity index (χ1n) is 12.0. The third-order valence-electron chi connectivity index (χ3n) is 6.81. The standard InChI is InChI=1S/C28H29N3OS2/c1-3-31-27(32)24(34-28(31)33)18-23-17-22-11-7-8-19(2)25(22)29-26(23)30-14-12-21(13-15-30)16-20-9-5-4-6-10-20/h4-11,17-18,21H,3,12-16H2,1-2H3/b24-18-. The summed E-state index contributed by atoms with van der Waals surface area (Å²) in [4.78, 5) is 22.8. The largest absolute Gasteiger partial charge is 0.356 e. The van der Waals surface area contributed by atoms with Crippen molar-refractivity contribution in [3.8, 4) is 0 Å². The van der Waals surface area contributed by atoms with E-state index in [1.165, 1.54) is 22.9 Å². The molecule has 6 heteroatoms. The monoisotopic (exact) mass is 487 g/mol. The fraction of sp³-hybridized carbons (Fsp3) is 0.321. The van der Waals surface area contributed by atoms with Crippen LogP contribution in [0.5, 0.6) is 0 Å². The Morgan fingerprint density at radius 3 is 2.59 bits per heavy atom. The highest BCUT2D eigenvalue weighted by molar-refractivity contribution is 8.26. The van der Waals surface area contributed by atoms with Gasteiger partial charge in [0.2, 0.25) is 0 Å². The predicted octanol–water partition coefficient (Wildman–Crippen LogP) is 6.22. The van der Waals surface area contributed by atoms with E-state index in [4.69, 9.17) is 17.2 Å². The third kappa shape index (κ3) is 4.62. The molecule has 2 fully saturated rings. The van der Waals surface area contributed by atoms with E-state index in [9.17, 15) is 4.79 Å². The van der Waals surface area contributed by atoms with Crippen LogP contribution in [0.25, 0.3) is 17.0 Å². The topological polar surface area (TPSA) is 36.4 Å². The number of hydrogen-bond acceptors (Lipinski definition) is 5.